The number of hydrogen-bond donors (Lipinski definition) is 0. The van der Waals surface area contributed by atoms with Crippen LogP contribution < -0.4 is 0 Å². The summed E-state index contributed by atoms with van der Waals surface area (Å²) in [5.74, 6) is 0.322. The van der Waals surface area contributed by atoms with Crippen LogP contribution in [0.3, 0.4) is 0 Å². The van der Waals surface area contributed by atoms with Crippen LogP contribution >= 0.6 is 0 Å². The molecule has 3 saturated heterocycles. The number of hydrogen-bond acceptors (Lipinski definition) is 4. The second kappa shape index (κ2) is 6.73. The van der Waals surface area contributed by atoms with Gasteiger partial charge in [0.15, 0.2) is 0 Å². The maximum atomic E-state index is 12.9. The zero-order valence-corrected chi connectivity index (χ0v) is 14.3. The summed E-state index contributed by atoms with van der Waals surface area (Å²) in [7, 11) is -1.65. The molecular formula is C15H28N2O4S. The van der Waals surface area contributed by atoms with Crippen LogP contribution in [-0.2, 0) is 19.7 Å². The first-order valence-corrected chi connectivity index (χ1v) is 9.84. The van der Waals surface area contributed by atoms with E-state index in [0.29, 0.717) is 38.7 Å². The van der Waals surface area contributed by atoms with Crippen LogP contribution in [0.5, 0.6) is 0 Å². The molecule has 3 heterocycles. The first kappa shape index (κ1) is 16.6. The molecule has 3 aliphatic heterocycles. The minimum absolute atomic E-state index is 0.0352. The van der Waals surface area contributed by atoms with Crippen LogP contribution in [0.15, 0.2) is 0 Å². The molecule has 22 heavy (non-hydrogen) atoms. The molecule has 0 N–H and O–H groups in total. The van der Waals surface area contributed by atoms with Gasteiger partial charge in [-0.05, 0) is 44.4 Å². The Labute approximate surface area is 133 Å². The highest BCUT2D eigenvalue weighted by Crippen LogP contribution is 2.36. The molecule has 0 aromatic rings. The quantitative estimate of drug-likeness (QED) is 0.777. The molecular weight excluding hydrogens is 304 g/mol. The molecule has 128 valence electrons. The van der Waals surface area contributed by atoms with Crippen molar-refractivity contribution in [2.24, 2.45) is 5.92 Å². The van der Waals surface area contributed by atoms with Gasteiger partial charge in [0.05, 0.1) is 12.2 Å². The molecule has 3 aliphatic rings. The summed E-state index contributed by atoms with van der Waals surface area (Å²) in [5.41, 5.74) is -0.0352. The van der Waals surface area contributed by atoms with E-state index in [1.807, 2.05) is 0 Å². The van der Waals surface area contributed by atoms with Crippen molar-refractivity contribution in [3.05, 3.63) is 0 Å². The third kappa shape index (κ3) is 3.33. The summed E-state index contributed by atoms with van der Waals surface area (Å²) < 4.78 is 40.1. The third-order valence-electron chi connectivity index (χ3n) is 5.36. The molecule has 0 aliphatic carbocycles. The Hall–Kier alpha value is -0.210. The van der Waals surface area contributed by atoms with E-state index < -0.39 is 10.2 Å². The van der Waals surface area contributed by atoms with Crippen LogP contribution in [0, 0.1) is 5.92 Å². The van der Waals surface area contributed by atoms with Gasteiger partial charge in [0, 0.05) is 39.9 Å². The number of methoxy groups -OCH3 is 1. The monoisotopic (exact) mass is 332 g/mol. The summed E-state index contributed by atoms with van der Waals surface area (Å²) in [4.78, 5) is 0. The van der Waals surface area contributed by atoms with E-state index in [1.165, 1.54) is 0 Å². The maximum absolute atomic E-state index is 12.9. The summed E-state index contributed by atoms with van der Waals surface area (Å²) in [5, 5.41) is 0. The smallest absolute Gasteiger partial charge is 0.281 e. The Morgan fingerprint density at radius 3 is 2.55 bits per heavy atom. The van der Waals surface area contributed by atoms with Crippen molar-refractivity contribution >= 4 is 10.2 Å². The van der Waals surface area contributed by atoms with Crippen molar-refractivity contribution in [2.45, 2.75) is 44.1 Å². The SMILES string of the molecule is COCC1CCCN(S(=O)(=O)N2CCC3(CCCO3)CC2)C1. The molecule has 3 rings (SSSR count). The van der Waals surface area contributed by atoms with Gasteiger partial charge in [-0.15, -0.1) is 0 Å². The van der Waals surface area contributed by atoms with E-state index in [9.17, 15) is 8.42 Å². The van der Waals surface area contributed by atoms with Crippen LogP contribution in [0.2, 0.25) is 0 Å². The lowest BCUT2D eigenvalue weighted by Crippen LogP contribution is -2.53. The van der Waals surface area contributed by atoms with Gasteiger partial charge in [0.1, 0.15) is 0 Å². The van der Waals surface area contributed by atoms with Crippen molar-refractivity contribution in [3.8, 4) is 0 Å². The normalized spacial score (nSPS) is 30.9. The van der Waals surface area contributed by atoms with Crippen LogP contribution in [0.25, 0.3) is 0 Å². The molecule has 3 fully saturated rings. The number of piperidine rings is 2. The Morgan fingerprint density at radius 2 is 1.91 bits per heavy atom. The topological polar surface area (TPSA) is 59.1 Å². The van der Waals surface area contributed by atoms with Crippen molar-refractivity contribution in [3.63, 3.8) is 0 Å². The van der Waals surface area contributed by atoms with E-state index in [0.717, 1.165) is 45.1 Å². The Morgan fingerprint density at radius 1 is 1.14 bits per heavy atom. The minimum Gasteiger partial charge on any atom is -0.384 e. The maximum Gasteiger partial charge on any atom is 0.281 e. The highest BCUT2D eigenvalue weighted by atomic mass is 32.2. The molecule has 0 amide bonds. The van der Waals surface area contributed by atoms with Crippen molar-refractivity contribution in [2.75, 3.05) is 46.5 Å². The van der Waals surface area contributed by atoms with E-state index in [-0.39, 0.29) is 5.60 Å². The average molecular weight is 332 g/mol. The van der Waals surface area contributed by atoms with Gasteiger partial charge >= 0.3 is 0 Å². The highest BCUT2D eigenvalue weighted by Gasteiger charge is 2.43. The number of ether oxygens (including phenoxy) is 2. The second-order valence-corrected chi connectivity index (χ2v) is 8.79. The molecule has 0 saturated carbocycles. The number of rotatable bonds is 4. The fraction of sp³-hybridized carbons (Fsp3) is 1.00. The van der Waals surface area contributed by atoms with Crippen molar-refractivity contribution in [1.82, 2.24) is 8.61 Å². The van der Waals surface area contributed by atoms with Gasteiger partial charge in [-0.2, -0.15) is 17.0 Å². The largest absolute Gasteiger partial charge is 0.384 e. The van der Waals surface area contributed by atoms with Crippen LogP contribution in [0.1, 0.15) is 38.5 Å². The van der Waals surface area contributed by atoms with E-state index in [2.05, 4.69) is 0 Å². The average Bonchev–Trinajstić information content (AvgIpc) is 2.96. The summed E-state index contributed by atoms with van der Waals surface area (Å²) in [6.07, 6.45) is 5.84. The number of nitrogens with zero attached hydrogens (tertiary/aromatic N) is 2. The van der Waals surface area contributed by atoms with E-state index in [4.69, 9.17) is 9.47 Å². The minimum atomic E-state index is -3.33. The fourth-order valence-electron chi connectivity index (χ4n) is 4.05. The van der Waals surface area contributed by atoms with Gasteiger partial charge in [-0.3, -0.25) is 0 Å². The lowest BCUT2D eigenvalue weighted by molar-refractivity contribution is -0.0317. The zero-order chi connectivity index (χ0) is 15.6. The Balaban J connectivity index is 1.61. The molecule has 6 nitrogen and oxygen atoms in total. The van der Waals surface area contributed by atoms with Crippen molar-refractivity contribution in [1.29, 1.82) is 0 Å². The Bertz CT molecular complexity index is 464. The lowest BCUT2D eigenvalue weighted by Gasteiger charge is -2.41. The zero-order valence-electron chi connectivity index (χ0n) is 13.5. The standard InChI is InChI=1S/C15H28N2O4S/c1-20-13-14-4-2-8-17(12-14)22(18,19)16-9-6-15(7-10-16)5-3-11-21-15/h14H,2-13H2,1H3. The molecule has 1 spiro atoms. The second-order valence-electron chi connectivity index (χ2n) is 6.86. The van der Waals surface area contributed by atoms with Crippen LogP contribution in [0.4, 0.5) is 0 Å². The van der Waals surface area contributed by atoms with Crippen LogP contribution in [-0.4, -0.2) is 69.1 Å². The van der Waals surface area contributed by atoms with Gasteiger partial charge < -0.3 is 9.47 Å². The molecule has 1 atom stereocenters. The van der Waals surface area contributed by atoms with Gasteiger partial charge in [0.25, 0.3) is 10.2 Å². The predicted molar refractivity (Wildman–Crippen MR) is 83.8 cm³/mol. The fourth-order valence-corrected chi connectivity index (χ4v) is 5.78. The van der Waals surface area contributed by atoms with E-state index in [1.54, 1.807) is 15.7 Å². The molecule has 0 aromatic heterocycles. The molecule has 0 bridgehead atoms. The van der Waals surface area contributed by atoms with Gasteiger partial charge in [0.2, 0.25) is 0 Å². The third-order valence-corrected chi connectivity index (χ3v) is 7.36. The summed E-state index contributed by atoms with van der Waals surface area (Å²) in [6.45, 7) is 3.89. The first-order valence-electron chi connectivity index (χ1n) is 8.44. The molecule has 7 heteroatoms. The van der Waals surface area contributed by atoms with Gasteiger partial charge in [-0.25, -0.2) is 0 Å². The molecule has 0 aromatic carbocycles. The van der Waals surface area contributed by atoms with E-state index >= 15 is 0 Å². The summed E-state index contributed by atoms with van der Waals surface area (Å²) >= 11 is 0. The van der Waals surface area contributed by atoms with Gasteiger partial charge in [-0.1, -0.05) is 0 Å². The highest BCUT2D eigenvalue weighted by molar-refractivity contribution is 7.86. The summed E-state index contributed by atoms with van der Waals surface area (Å²) in [6, 6.07) is 0. The Kier molecular flexibility index (Phi) is 5.09. The van der Waals surface area contributed by atoms with Crippen molar-refractivity contribution < 1.29 is 17.9 Å². The predicted octanol–water partition coefficient (Wildman–Crippen LogP) is 1.23. The molecule has 0 radical (unpaired) electrons. The lowest BCUT2D eigenvalue weighted by atomic mass is 9.90. The molecule has 1 unspecified atom stereocenters. The first-order chi connectivity index (χ1) is 10.6.